The number of fused-ring (bicyclic) bond motifs is 1. The second kappa shape index (κ2) is 9.00. The number of nitrogens with zero attached hydrogens (tertiary/aromatic N) is 2. The van der Waals surface area contributed by atoms with E-state index in [-0.39, 0.29) is 18.0 Å². The van der Waals surface area contributed by atoms with Crippen LogP contribution in [0.25, 0.3) is 10.9 Å². The highest BCUT2D eigenvalue weighted by atomic mass is 32.2. The highest BCUT2D eigenvalue weighted by molar-refractivity contribution is 7.97. The molecule has 1 aromatic carbocycles. The zero-order valence-electron chi connectivity index (χ0n) is 16.5. The van der Waals surface area contributed by atoms with Gasteiger partial charge in [0.15, 0.2) is 0 Å². The standard InChI is InChI=1S/C21H26N4O3S/c1-14-12-19(16-4-2-3-5-17(16)22-14)28-13-15-6-9-25(10-7-15)29-11-8-18-20(26)24-21(27)23-18/h2-5,12,15,18H,6-11,13H2,1H3,(H2,23,24,26,27). The number of nitrogens with one attached hydrogen (secondary N) is 2. The fraction of sp³-hybridized carbons (Fsp3) is 0.476. The molecule has 7 nitrogen and oxygen atoms in total. The van der Waals surface area contributed by atoms with E-state index in [9.17, 15) is 9.59 Å². The van der Waals surface area contributed by atoms with Crippen molar-refractivity contribution in [3.05, 3.63) is 36.0 Å². The molecule has 0 spiro atoms. The summed E-state index contributed by atoms with van der Waals surface area (Å²) in [6.07, 6.45) is 2.84. The number of hydrogen-bond acceptors (Lipinski definition) is 6. The smallest absolute Gasteiger partial charge is 0.322 e. The van der Waals surface area contributed by atoms with Crippen LogP contribution in [0, 0.1) is 12.8 Å². The topological polar surface area (TPSA) is 83.6 Å². The van der Waals surface area contributed by atoms with Gasteiger partial charge in [-0.1, -0.05) is 24.1 Å². The lowest BCUT2D eigenvalue weighted by molar-refractivity contribution is -0.120. The van der Waals surface area contributed by atoms with Crippen LogP contribution in [-0.2, 0) is 4.79 Å². The molecule has 2 aromatic rings. The van der Waals surface area contributed by atoms with Crippen LogP contribution in [0.3, 0.4) is 0 Å². The number of aromatic nitrogens is 1. The second-order valence-corrected chi connectivity index (χ2v) is 8.78. The average molecular weight is 415 g/mol. The fourth-order valence-corrected chi connectivity index (χ4v) is 4.83. The van der Waals surface area contributed by atoms with Crippen LogP contribution in [0.4, 0.5) is 4.79 Å². The Hall–Kier alpha value is -2.32. The summed E-state index contributed by atoms with van der Waals surface area (Å²) in [5, 5.41) is 5.98. The third kappa shape index (κ3) is 5.00. The quantitative estimate of drug-likeness (QED) is 0.535. The third-order valence-corrected chi connectivity index (χ3v) is 6.54. The predicted octanol–water partition coefficient (Wildman–Crippen LogP) is 2.88. The minimum Gasteiger partial charge on any atom is -0.493 e. The molecule has 2 saturated heterocycles. The first-order chi connectivity index (χ1) is 14.1. The SMILES string of the molecule is Cc1cc(OCC2CCN(SCCC3NC(=O)NC3=O)CC2)c2ccccc2n1. The van der Waals surface area contributed by atoms with Gasteiger partial charge in [0.25, 0.3) is 5.91 Å². The van der Waals surface area contributed by atoms with Gasteiger partial charge in [-0.15, -0.1) is 0 Å². The van der Waals surface area contributed by atoms with E-state index in [4.69, 9.17) is 4.74 Å². The zero-order valence-corrected chi connectivity index (χ0v) is 17.3. The minimum atomic E-state index is -0.389. The van der Waals surface area contributed by atoms with Gasteiger partial charge >= 0.3 is 6.03 Å². The van der Waals surface area contributed by atoms with Crippen LogP contribution in [0.5, 0.6) is 5.75 Å². The fourth-order valence-electron chi connectivity index (χ4n) is 3.76. The van der Waals surface area contributed by atoms with Gasteiger partial charge in [0.2, 0.25) is 0 Å². The van der Waals surface area contributed by atoms with Crippen LogP contribution >= 0.6 is 11.9 Å². The number of aryl methyl sites for hydroxylation is 1. The molecule has 8 heteroatoms. The van der Waals surface area contributed by atoms with Crippen LogP contribution in [-0.4, -0.2) is 52.7 Å². The summed E-state index contributed by atoms with van der Waals surface area (Å²) in [5.41, 5.74) is 1.94. The van der Waals surface area contributed by atoms with Crippen LogP contribution < -0.4 is 15.4 Å². The Labute approximate surface area is 174 Å². The summed E-state index contributed by atoms with van der Waals surface area (Å²) in [7, 11) is 0. The van der Waals surface area contributed by atoms with E-state index in [0.29, 0.717) is 12.3 Å². The molecule has 1 atom stereocenters. The number of carbonyl (C=O) groups is 2. The number of carbonyl (C=O) groups excluding carboxylic acids is 2. The average Bonchev–Trinajstić information content (AvgIpc) is 3.04. The van der Waals surface area contributed by atoms with Gasteiger partial charge in [0.05, 0.1) is 12.1 Å². The molecular weight excluding hydrogens is 388 g/mol. The van der Waals surface area contributed by atoms with E-state index >= 15 is 0 Å². The molecule has 2 aliphatic heterocycles. The Bertz CT molecular complexity index is 899. The van der Waals surface area contributed by atoms with Crippen molar-refractivity contribution in [2.45, 2.75) is 32.2 Å². The summed E-state index contributed by atoms with van der Waals surface area (Å²) in [6.45, 7) is 4.74. The van der Waals surface area contributed by atoms with Gasteiger partial charge in [-0.3, -0.25) is 19.4 Å². The molecule has 0 radical (unpaired) electrons. The molecule has 2 aliphatic rings. The molecule has 4 rings (SSSR count). The van der Waals surface area contributed by atoms with Crippen molar-refractivity contribution in [1.29, 1.82) is 0 Å². The number of ether oxygens (including phenoxy) is 1. The number of rotatable bonds is 7. The Morgan fingerprint density at radius 3 is 2.79 bits per heavy atom. The number of imide groups is 1. The number of pyridine rings is 1. The maximum atomic E-state index is 11.6. The number of amides is 3. The van der Waals surface area contributed by atoms with Crippen molar-refractivity contribution in [3.63, 3.8) is 0 Å². The molecule has 3 amide bonds. The van der Waals surface area contributed by atoms with E-state index in [1.54, 1.807) is 11.9 Å². The number of urea groups is 1. The monoisotopic (exact) mass is 414 g/mol. The van der Waals surface area contributed by atoms with Gasteiger partial charge in [0.1, 0.15) is 11.8 Å². The number of hydrogen-bond donors (Lipinski definition) is 2. The molecule has 29 heavy (non-hydrogen) atoms. The molecule has 0 saturated carbocycles. The Morgan fingerprint density at radius 2 is 2.03 bits per heavy atom. The minimum absolute atomic E-state index is 0.217. The summed E-state index contributed by atoms with van der Waals surface area (Å²) in [6, 6.07) is 9.34. The van der Waals surface area contributed by atoms with Crippen LogP contribution in [0.15, 0.2) is 30.3 Å². The van der Waals surface area contributed by atoms with E-state index < -0.39 is 0 Å². The summed E-state index contributed by atoms with van der Waals surface area (Å²) in [4.78, 5) is 27.3. The van der Waals surface area contributed by atoms with Gasteiger partial charge in [-0.25, -0.2) is 4.79 Å². The molecule has 1 aromatic heterocycles. The Morgan fingerprint density at radius 1 is 1.24 bits per heavy atom. The van der Waals surface area contributed by atoms with E-state index in [1.165, 1.54) is 0 Å². The maximum absolute atomic E-state index is 11.6. The lowest BCUT2D eigenvalue weighted by atomic mass is 9.99. The van der Waals surface area contributed by atoms with Crippen LogP contribution in [0.1, 0.15) is 25.0 Å². The highest BCUT2D eigenvalue weighted by Crippen LogP contribution is 2.28. The van der Waals surface area contributed by atoms with E-state index in [1.807, 2.05) is 31.2 Å². The van der Waals surface area contributed by atoms with E-state index in [0.717, 1.165) is 60.6 Å². The Balaban J connectivity index is 1.21. The van der Waals surface area contributed by atoms with Crippen molar-refractivity contribution >= 4 is 34.8 Å². The first-order valence-electron chi connectivity index (χ1n) is 10.1. The molecule has 2 fully saturated rings. The number of piperidine rings is 1. The van der Waals surface area contributed by atoms with Crippen molar-refractivity contribution < 1.29 is 14.3 Å². The number of para-hydroxylation sites is 1. The summed E-state index contributed by atoms with van der Waals surface area (Å²) in [5.74, 6) is 2.06. The molecular formula is C21H26N4O3S. The second-order valence-electron chi connectivity index (χ2n) is 7.60. The predicted molar refractivity (Wildman–Crippen MR) is 114 cm³/mol. The molecule has 154 valence electrons. The normalized spacial score (nSPS) is 20.7. The van der Waals surface area contributed by atoms with Crippen molar-refractivity contribution in [2.75, 3.05) is 25.4 Å². The van der Waals surface area contributed by atoms with Gasteiger partial charge in [0, 0.05) is 36.0 Å². The van der Waals surface area contributed by atoms with Crippen molar-refractivity contribution in [3.8, 4) is 5.75 Å². The van der Waals surface area contributed by atoms with Gasteiger partial charge in [-0.05, 0) is 44.2 Å². The lowest BCUT2D eigenvalue weighted by Crippen LogP contribution is -2.33. The third-order valence-electron chi connectivity index (χ3n) is 5.39. The zero-order chi connectivity index (χ0) is 20.2. The molecule has 0 bridgehead atoms. The van der Waals surface area contributed by atoms with Gasteiger partial charge < -0.3 is 10.1 Å². The maximum Gasteiger partial charge on any atom is 0.322 e. The van der Waals surface area contributed by atoms with Crippen LogP contribution in [0.2, 0.25) is 0 Å². The summed E-state index contributed by atoms with van der Waals surface area (Å²) < 4.78 is 8.55. The summed E-state index contributed by atoms with van der Waals surface area (Å²) >= 11 is 1.76. The molecule has 1 unspecified atom stereocenters. The number of benzene rings is 1. The first kappa shape index (κ1) is 20.0. The first-order valence-corrected chi connectivity index (χ1v) is 11.0. The Kier molecular flexibility index (Phi) is 6.20. The lowest BCUT2D eigenvalue weighted by Gasteiger charge is -2.31. The van der Waals surface area contributed by atoms with Crippen molar-refractivity contribution in [1.82, 2.24) is 19.9 Å². The molecule has 3 heterocycles. The van der Waals surface area contributed by atoms with E-state index in [2.05, 4.69) is 26.0 Å². The highest BCUT2D eigenvalue weighted by Gasteiger charge is 2.29. The molecule has 0 aliphatic carbocycles. The largest absolute Gasteiger partial charge is 0.493 e. The van der Waals surface area contributed by atoms with Crippen molar-refractivity contribution in [2.24, 2.45) is 5.92 Å². The van der Waals surface area contributed by atoms with Gasteiger partial charge in [-0.2, -0.15) is 0 Å². The molecule has 2 N–H and O–H groups in total.